The highest BCUT2D eigenvalue weighted by atomic mass is 35.5. The molecule has 0 saturated carbocycles. The van der Waals surface area contributed by atoms with E-state index in [9.17, 15) is 4.79 Å². The summed E-state index contributed by atoms with van der Waals surface area (Å²) in [5.41, 5.74) is 2.45. The summed E-state index contributed by atoms with van der Waals surface area (Å²) in [5, 5.41) is 7.72. The molecule has 25 heavy (non-hydrogen) atoms. The lowest BCUT2D eigenvalue weighted by molar-refractivity contribution is 0.185. The van der Waals surface area contributed by atoms with Gasteiger partial charge in [-0.2, -0.15) is 10.1 Å². The summed E-state index contributed by atoms with van der Waals surface area (Å²) in [7, 11) is 3.29. The fourth-order valence-electron chi connectivity index (χ4n) is 2.44. The summed E-state index contributed by atoms with van der Waals surface area (Å²) in [4.78, 5) is 20.1. The van der Waals surface area contributed by atoms with Crippen molar-refractivity contribution in [3.8, 4) is 0 Å². The van der Waals surface area contributed by atoms with Crippen LogP contribution in [0.1, 0.15) is 5.69 Å². The van der Waals surface area contributed by atoms with Crippen LogP contribution in [-0.4, -0.2) is 38.0 Å². The Morgan fingerprint density at radius 2 is 2.12 bits per heavy atom. The first-order chi connectivity index (χ1) is 12.0. The molecule has 10 heteroatoms. The predicted octanol–water partition coefficient (Wildman–Crippen LogP) is 2.31. The zero-order valence-corrected chi connectivity index (χ0v) is 15.2. The fourth-order valence-corrected chi connectivity index (χ4v) is 2.79. The number of methoxy groups -OCH3 is 1. The van der Waals surface area contributed by atoms with Crippen LogP contribution in [0.4, 0.5) is 11.5 Å². The van der Waals surface area contributed by atoms with Gasteiger partial charge in [-0.05, 0) is 17.7 Å². The third kappa shape index (κ3) is 3.60. The number of rotatable bonds is 6. The van der Waals surface area contributed by atoms with Gasteiger partial charge in [-0.3, -0.25) is 9.48 Å². The van der Waals surface area contributed by atoms with Gasteiger partial charge in [0, 0.05) is 26.4 Å². The number of nitrogens with zero attached hydrogens (tertiary/aromatic N) is 5. The van der Waals surface area contributed by atoms with E-state index < -0.39 is 0 Å². The molecule has 0 unspecified atom stereocenters. The number of alkyl halides is 1. The smallest absolute Gasteiger partial charge is 0.250 e. The topological polar surface area (TPSA) is 86.9 Å². The molecule has 0 aromatic carbocycles. The Hall–Kier alpha value is -2.16. The third-order valence-corrected chi connectivity index (χ3v) is 4.03. The van der Waals surface area contributed by atoms with E-state index in [2.05, 4.69) is 20.4 Å². The first-order valence-corrected chi connectivity index (χ1v) is 8.36. The predicted molar refractivity (Wildman–Crippen MR) is 96.7 cm³/mol. The van der Waals surface area contributed by atoms with Crippen molar-refractivity contribution in [2.45, 2.75) is 12.4 Å². The summed E-state index contributed by atoms with van der Waals surface area (Å²) in [6, 6.07) is 3.14. The van der Waals surface area contributed by atoms with Crippen LogP contribution in [0, 0.1) is 0 Å². The highest BCUT2D eigenvalue weighted by Gasteiger charge is 2.18. The minimum absolute atomic E-state index is 0.0810. The summed E-state index contributed by atoms with van der Waals surface area (Å²) >= 11 is 12.1. The van der Waals surface area contributed by atoms with Crippen LogP contribution >= 0.6 is 23.2 Å². The molecule has 0 amide bonds. The van der Waals surface area contributed by atoms with Gasteiger partial charge in [-0.15, -0.1) is 11.6 Å². The molecule has 3 rings (SSSR count). The zero-order chi connectivity index (χ0) is 18.0. The molecule has 8 nitrogen and oxygen atoms in total. The van der Waals surface area contributed by atoms with Gasteiger partial charge in [0.15, 0.2) is 5.82 Å². The van der Waals surface area contributed by atoms with Crippen molar-refractivity contribution < 1.29 is 4.74 Å². The summed E-state index contributed by atoms with van der Waals surface area (Å²) in [6.45, 7) is 0.983. The van der Waals surface area contributed by atoms with Crippen molar-refractivity contribution in [1.29, 1.82) is 0 Å². The second kappa shape index (κ2) is 7.38. The van der Waals surface area contributed by atoms with E-state index in [0.717, 1.165) is 0 Å². The molecule has 0 aliphatic rings. The van der Waals surface area contributed by atoms with Gasteiger partial charge in [-0.25, -0.2) is 4.98 Å². The van der Waals surface area contributed by atoms with E-state index in [1.165, 1.54) is 10.6 Å². The Morgan fingerprint density at radius 1 is 1.32 bits per heavy atom. The van der Waals surface area contributed by atoms with Gasteiger partial charge >= 0.3 is 0 Å². The molecule has 3 aromatic rings. The Bertz CT molecular complexity index is 969. The Balaban J connectivity index is 2.13. The minimum atomic E-state index is -0.106. The van der Waals surface area contributed by atoms with E-state index in [4.69, 9.17) is 27.9 Å². The van der Waals surface area contributed by atoms with Gasteiger partial charge in [0.2, 0.25) is 10.8 Å². The quantitative estimate of drug-likeness (QED) is 0.519. The van der Waals surface area contributed by atoms with Crippen molar-refractivity contribution in [2.24, 2.45) is 7.05 Å². The van der Waals surface area contributed by atoms with Crippen LogP contribution in [0.25, 0.3) is 11.0 Å². The van der Waals surface area contributed by atoms with Crippen LogP contribution in [0.3, 0.4) is 0 Å². The van der Waals surface area contributed by atoms with Gasteiger partial charge in [0.1, 0.15) is 16.7 Å². The molecule has 0 fully saturated rings. The van der Waals surface area contributed by atoms with Crippen molar-refractivity contribution >= 4 is 45.7 Å². The molecule has 132 valence electrons. The lowest BCUT2D eigenvalue weighted by Crippen LogP contribution is -2.15. The molecular formula is C15H16Cl2N6O2. The number of aryl methyl sites for hydroxylation is 1. The molecule has 0 aliphatic heterocycles. The standard InChI is InChI=1S/C15H16Cl2N6O2/c1-22-8-9(3-4-11(22)24)18-14-13-12(19-15(17)20-14)10(7-16)21-23(13)5-6-25-2/h3-4,8H,5-7H2,1-2H3,(H,18,19,20). The van der Waals surface area contributed by atoms with Crippen LogP contribution in [0.15, 0.2) is 23.1 Å². The summed E-state index contributed by atoms with van der Waals surface area (Å²) in [5.74, 6) is 0.678. The Morgan fingerprint density at radius 3 is 2.80 bits per heavy atom. The third-order valence-electron chi connectivity index (χ3n) is 3.61. The van der Waals surface area contributed by atoms with E-state index in [-0.39, 0.29) is 16.7 Å². The first-order valence-electron chi connectivity index (χ1n) is 7.45. The Kier molecular flexibility index (Phi) is 5.22. The molecule has 0 atom stereocenters. The highest BCUT2D eigenvalue weighted by molar-refractivity contribution is 6.29. The monoisotopic (exact) mass is 382 g/mol. The van der Waals surface area contributed by atoms with Crippen LogP contribution in [-0.2, 0) is 24.2 Å². The van der Waals surface area contributed by atoms with Crippen molar-refractivity contribution in [3.63, 3.8) is 0 Å². The van der Waals surface area contributed by atoms with Crippen LogP contribution in [0.2, 0.25) is 5.28 Å². The van der Waals surface area contributed by atoms with Gasteiger partial charge in [-0.1, -0.05) is 0 Å². The van der Waals surface area contributed by atoms with E-state index in [1.54, 1.807) is 31.1 Å². The number of fused-ring (bicyclic) bond motifs is 1. The second-order valence-electron chi connectivity index (χ2n) is 5.33. The average Bonchev–Trinajstić information content (AvgIpc) is 2.94. The van der Waals surface area contributed by atoms with Gasteiger partial charge < -0.3 is 14.6 Å². The number of hydrogen-bond donors (Lipinski definition) is 1. The number of pyridine rings is 1. The molecule has 0 radical (unpaired) electrons. The molecular weight excluding hydrogens is 367 g/mol. The number of anilines is 2. The van der Waals surface area contributed by atoms with Gasteiger partial charge in [0.05, 0.1) is 24.7 Å². The molecule has 0 saturated heterocycles. The van der Waals surface area contributed by atoms with Crippen molar-refractivity contribution in [2.75, 3.05) is 19.0 Å². The SMILES string of the molecule is COCCn1nc(CCl)c2nc(Cl)nc(Nc3ccc(=O)n(C)c3)c21. The number of aromatic nitrogens is 5. The number of nitrogens with one attached hydrogen (secondary N) is 1. The summed E-state index contributed by atoms with van der Waals surface area (Å²) < 4.78 is 8.33. The van der Waals surface area contributed by atoms with Gasteiger partial charge in [0.25, 0.3) is 0 Å². The number of ether oxygens (including phenoxy) is 1. The molecule has 1 N–H and O–H groups in total. The van der Waals surface area contributed by atoms with Crippen molar-refractivity contribution in [1.82, 2.24) is 24.3 Å². The second-order valence-corrected chi connectivity index (χ2v) is 5.93. The molecule has 3 aromatic heterocycles. The zero-order valence-electron chi connectivity index (χ0n) is 13.7. The van der Waals surface area contributed by atoms with Crippen LogP contribution < -0.4 is 10.9 Å². The summed E-state index contributed by atoms with van der Waals surface area (Å²) in [6.07, 6.45) is 1.67. The minimum Gasteiger partial charge on any atom is -0.383 e. The molecule has 0 aliphatic carbocycles. The molecule has 0 spiro atoms. The first kappa shape index (κ1) is 17.7. The average molecular weight is 383 g/mol. The molecule has 0 bridgehead atoms. The maximum atomic E-state index is 11.6. The van der Waals surface area contributed by atoms with E-state index in [0.29, 0.717) is 41.4 Å². The molecule has 3 heterocycles. The largest absolute Gasteiger partial charge is 0.383 e. The highest BCUT2D eigenvalue weighted by Crippen LogP contribution is 2.28. The normalized spacial score (nSPS) is 11.2. The maximum absolute atomic E-state index is 11.6. The van der Waals surface area contributed by atoms with E-state index in [1.807, 2.05) is 0 Å². The lowest BCUT2D eigenvalue weighted by atomic mass is 10.3. The van der Waals surface area contributed by atoms with Crippen LogP contribution in [0.5, 0.6) is 0 Å². The Labute approximate surface area is 153 Å². The lowest BCUT2D eigenvalue weighted by Gasteiger charge is -2.10. The fraction of sp³-hybridized carbons (Fsp3) is 0.333. The number of hydrogen-bond acceptors (Lipinski definition) is 6. The van der Waals surface area contributed by atoms with E-state index >= 15 is 0 Å². The number of halogens is 2. The maximum Gasteiger partial charge on any atom is 0.250 e. The van der Waals surface area contributed by atoms with Crippen molar-refractivity contribution in [3.05, 3.63) is 39.7 Å².